The monoisotopic (exact) mass is 557 g/mol. The number of aryl methyl sites for hydroxylation is 1. The first kappa shape index (κ1) is 24.0. The van der Waals surface area contributed by atoms with Crippen LogP contribution < -0.4 is 10.2 Å². The van der Waals surface area contributed by atoms with E-state index in [1.54, 1.807) is 22.8 Å². The highest BCUT2D eigenvalue weighted by Crippen LogP contribution is 2.20. The number of amides is 1. The highest BCUT2D eigenvalue weighted by Gasteiger charge is 2.28. The first-order chi connectivity index (χ1) is 14.6. The molecule has 1 amide bonds. The first-order valence-corrected chi connectivity index (χ1v) is 11.5. The van der Waals surface area contributed by atoms with Gasteiger partial charge in [-0.2, -0.15) is 5.10 Å². The van der Waals surface area contributed by atoms with Gasteiger partial charge in [0.05, 0.1) is 11.9 Å². The van der Waals surface area contributed by atoms with Gasteiger partial charge in [0, 0.05) is 57.9 Å². The molecule has 2 fully saturated rings. The Balaban J connectivity index is 0.00000272. The summed E-state index contributed by atoms with van der Waals surface area (Å²) in [4.78, 5) is 25.0. The summed E-state index contributed by atoms with van der Waals surface area (Å²) in [5, 5.41) is 9.86. The van der Waals surface area contributed by atoms with E-state index in [-0.39, 0.29) is 29.9 Å². The number of likely N-dealkylation sites (tertiary alicyclic amines) is 1. The number of nitrogens with zero attached hydrogens (tertiary/aromatic N) is 6. The Labute approximate surface area is 205 Å². The van der Waals surface area contributed by atoms with Gasteiger partial charge in [-0.3, -0.25) is 19.4 Å². The van der Waals surface area contributed by atoms with Gasteiger partial charge in [0.2, 0.25) is 5.91 Å². The van der Waals surface area contributed by atoms with Crippen LogP contribution in [0.2, 0.25) is 0 Å². The van der Waals surface area contributed by atoms with Crippen LogP contribution in [0.4, 0.5) is 5.69 Å². The SMILES string of the molecule is CN=C(NCC1CCCN(Cc2cccs2)C1)N1CCN(c2cnn(C)c2)C(=O)C1.I. The van der Waals surface area contributed by atoms with Crippen LogP contribution >= 0.6 is 35.3 Å². The molecule has 8 nitrogen and oxygen atoms in total. The lowest BCUT2D eigenvalue weighted by Gasteiger charge is -2.37. The summed E-state index contributed by atoms with van der Waals surface area (Å²) in [7, 11) is 3.66. The molecule has 2 aliphatic heterocycles. The second kappa shape index (κ2) is 11.3. The average molecular weight is 558 g/mol. The van der Waals surface area contributed by atoms with E-state index >= 15 is 0 Å². The van der Waals surface area contributed by atoms with Crippen molar-refractivity contribution in [2.24, 2.45) is 18.0 Å². The number of aromatic nitrogens is 2. The Kier molecular flexibility index (Phi) is 8.73. The van der Waals surface area contributed by atoms with Crippen LogP contribution in [0.25, 0.3) is 0 Å². The lowest BCUT2D eigenvalue weighted by Crippen LogP contribution is -2.56. The number of hydrogen-bond donors (Lipinski definition) is 1. The minimum absolute atomic E-state index is 0. The summed E-state index contributed by atoms with van der Waals surface area (Å²) in [6.07, 6.45) is 6.09. The maximum Gasteiger partial charge on any atom is 0.246 e. The lowest BCUT2D eigenvalue weighted by molar-refractivity contribution is -0.120. The van der Waals surface area contributed by atoms with Crippen LogP contribution in [-0.4, -0.2) is 77.8 Å². The van der Waals surface area contributed by atoms with Crippen molar-refractivity contribution in [1.82, 2.24) is 24.9 Å². The van der Waals surface area contributed by atoms with Gasteiger partial charge < -0.3 is 15.1 Å². The van der Waals surface area contributed by atoms with E-state index in [1.165, 1.54) is 24.3 Å². The number of piperidine rings is 1. The smallest absolute Gasteiger partial charge is 0.246 e. The summed E-state index contributed by atoms with van der Waals surface area (Å²) < 4.78 is 1.72. The zero-order chi connectivity index (χ0) is 20.9. The van der Waals surface area contributed by atoms with Gasteiger partial charge >= 0.3 is 0 Å². The molecule has 0 radical (unpaired) electrons. The first-order valence-electron chi connectivity index (χ1n) is 10.6. The molecule has 31 heavy (non-hydrogen) atoms. The van der Waals surface area contributed by atoms with Crippen molar-refractivity contribution < 1.29 is 4.79 Å². The molecule has 1 atom stereocenters. The molecule has 1 unspecified atom stereocenters. The standard InChI is InChI=1S/C21H31N7OS.HI/c1-22-21(27-8-9-28(20(29)16-27)18-12-24-25(2)14-18)23-11-17-5-3-7-26(13-17)15-19-6-4-10-30-19;/h4,6,10,12,14,17H,3,5,7-9,11,13,15-16H2,1-2H3,(H,22,23);1H. The average Bonchev–Trinajstić information content (AvgIpc) is 3.41. The molecule has 2 aromatic rings. The third kappa shape index (κ3) is 6.19. The zero-order valence-corrected chi connectivity index (χ0v) is 21.4. The molecule has 2 saturated heterocycles. The number of carbonyl (C=O) groups excluding carboxylic acids is 1. The summed E-state index contributed by atoms with van der Waals surface area (Å²) in [6.45, 7) is 5.96. The fraction of sp³-hybridized carbons (Fsp3) is 0.571. The van der Waals surface area contributed by atoms with Crippen molar-refractivity contribution in [3.05, 3.63) is 34.8 Å². The normalized spacial score (nSPS) is 20.6. The van der Waals surface area contributed by atoms with Crippen molar-refractivity contribution in [2.75, 3.05) is 51.2 Å². The Morgan fingerprint density at radius 2 is 2.23 bits per heavy atom. The van der Waals surface area contributed by atoms with Crippen molar-refractivity contribution in [3.63, 3.8) is 0 Å². The molecule has 2 aliphatic rings. The van der Waals surface area contributed by atoms with Gasteiger partial charge in [-0.1, -0.05) is 6.07 Å². The van der Waals surface area contributed by atoms with E-state index in [0.29, 0.717) is 19.0 Å². The molecule has 2 aromatic heterocycles. The van der Waals surface area contributed by atoms with E-state index in [9.17, 15) is 4.79 Å². The highest BCUT2D eigenvalue weighted by molar-refractivity contribution is 14.0. The highest BCUT2D eigenvalue weighted by atomic mass is 127. The van der Waals surface area contributed by atoms with Gasteiger partial charge in [0.15, 0.2) is 5.96 Å². The summed E-state index contributed by atoms with van der Waals surface area (Å²) in [5.41, 5.74) is 0.859. The molecule has 10 heteroatoms. The van der Waals surface area contributed by atoms with Crippen molar-refractivity contribution in [1.29, 1.82) is 0 Å². The maximum atomic E-state index is 12.7. The minimum atomic E-state index is 0. The van der Waals surface area contributed by atoms with Crippen molar-refractivity contribution in [3.8, 4) is 0 Å². The number of guanidine groups is 1. The molecule has 1 N–H and O–H groups in total. The molecule has 0 aliphatic carbocycles. The molecular formula is C21H32IN7OS. The van der Waals surface area contributed by atoms with E-state index in [0.717, 1.165) is 37.8 Å². The van der Waals surface area contributed by atoms with E-state index in [4.69, 9.17) is 0 Å². The minimum Gasteiger partial charge on any atom is -0.356 e. The molecular weight excluding hydrogens is 525 g/mol. The zero-order valence-electron chi connectivity index (χ0n) is 18.2. The Bertz CT molecular complexity index is 869. The molecule has 0 aromatic carbocycles. The number of nitrogens with one attached hydrogen (secondary N) is 1. The van der Waals surface area contributed by atoms with Gasteiger partial charge in [-0.05, 0) is 36.8 Å². The lowest BCUT2D eigenvalue weighted by atomic mass is 9.98. The predicted molar refractivity (Wildman–Crippen MR) is 136 cm³/mol. The predicted octanol–water partition coefficient (Wildman–Crippen LogP) is 2.24. The molecule has 170 valence electrons. The van der Waals surface area contributed by atoms with E-state index in [1.807, 2.05) is 24.6 Å². The third-order valence-corrected chi connectivity index (χ3v) is 6.71. The fourth-order valence-corrected chi connectivity index (χ4v) is 5.07. The quantitative estimate of drug-likeness (QED) is 0.347. The number of carbonyl (C=O) groups is 1. The van der Waals surface area contributed by atoms with Crippen molar-refractivity contribution in [2.45, 2.75) is 19.4 Å². The number of anilines is 1. The molecule has 0 spiro atoms. The van der Waals surface area contributed by atoms with E-state index in [2.05, 4.69) is 42.7 Å². The Morgan fingerprint density at radius 1 is 1.35 bits per heavy atom. The third-order valence-electron chi connectivity index (χ3n) is 5.85. The number of piperazine rings is 1. The molecule has 0 bridgehead atoms. The summed E-state index contributed by atoms with van der Waals surface area (Å²) in [6, 6.07) is 4.35. The van der Waals surface area contributed by atoms with Crippen LogP contribution in [0.15, 0.2) is 34.9 Å². The fourth-order valence-electron chi connectivity index (χ4n) is 4.33. The van der Waals surface area contributed by atoms with Crippen molar-refractivity contribution >= 4 is 52.9 Å². The second-order valence-corrected chi connectivity index (χ2v) is 9.12. The van der Waals surface area contributed by atoms with Crippen LogP contribution in [0.3, 0.4) is 0 Å². The van der Waals surface area contributed by atoms with Crippen LogP contribution in [-0.2, 0) is 18.4 Å². The van der Waals surface area contributed by atoms with Gasteiger partial charge in [0.1, 0.15) is 6.54 Å². The van der Waals surface area contributed by atoms with E-state index < -0.39 is 0 Å². The number of hydrogen-bond acceptors (Lipinski definition) is 5. The Hall–Kier alpha value is -1.66. The van der Waals surface area contributed by atoms with Gasteiger partial charge in [0.25, 0.3) is 0 Å². The number of rotatable bonds is 5. The Morgan fingerprint density at radius 3 is 2.90 bits per heavy atom. The van der Waals surface area contributed by atoms with Crippen LogP contribution in [0.1, 0.15) is 17.7 Å². The summed E-state index contributed by atoms with van der Waals surface area (Å²) >= 11 is 1.83. The summed E-state index contributed by atoms with van der Waals surface area (Å²) in [5.74, 6) is 1.50. The number of thiophene rings is 1. The van der Waals surface area contributed by atoms with Crippen LogP contribution in [0, 0.1) is 5.92 Å². The molecule has 4 rings (SSSR count). The number of halogens is 1. The topological polar surface area (TPSA) is 69.0 Å². The van der Waals surface area contributed by atoms with Gasteiger partial charge in [-0.15, -0.1) is 35.3 Å². The maximum absolute atomic E-state index is 12.7. The van der Waals surface area contributed by atoms with Gasteiger partial charge in [-0.25, -0.2) is 0 Å². The molecule has 4 heterocycles. The number of aliphatic imine (C=N–C) groups is 1. The van der Waals surface area contributed by atoms with Crippen LogP contribution in [0.5, 0.6) is 0 Å². The molecule has 0 saturated carbocycles. The largest absolute Gasteiger partial charge is 0.356 e. The second-order valence-electron chi connectivity index (χ2n) is 8.09.